The van der Waals surface area contributed by atoms with E-state index in [1.807, 2.05) is 27.7 Å². The van der Waals surface area contributed by atoms with Crippen LogP contribution in [0, 0.1) is 0 Å². The number of amides is 1. The fourth-order valence-corrected chi connectivity index (χ4v) is 1.86. The summed E-state index contributed by atoms with van der Waals surface area (Å²) in [6.45, 7) is 7.59. The summed E-state index contributed by atoms with van der Waals surface area (Å²) in [5, 5.41) is 0.107. The van der Waals surface area contributed by atoms with Gasteiger partial charge in [0.2, 0.25) is 5.28 Å². The zero-order valence-electron chi connectivity index (χ0n) is 10.2. The van der Waals surface area contributed by atoms with Gasteiger partial charge in [-0.1, -0.05) is 0 Å². The molecule has 1 aliphatic heterocycles. The van der Waals surface area contributed by atoms with Crippen LogP contribution >= 0.6 is 11.6 Å². The van der Waals surface area contributed by atoms with Crippen molar-refractivity contribution in [1.82, 2.24) is 9.97 Å². The number of carbonyl (C=O) groups is 1. The number of cyclic esters (lactones) is 1. The summed E-state index contributed by atoms with van der Waals surface area (Å²) in [5.74, 6) is 0.450. The van der Waals surface area contributed by atoms with Gasteiger partial charge in [0.15, 0.2) is 0 Å². The Kier molecular flexibility index (Phi) is 2.54. The van der Waals surface area contributed by atoms with Crippen LogP contribution in [0.15, 0.2) is 12.3 Å². The molecule has 5 nitrogen and oxygen atoms in total. The fraction of sp³-hybridized carbons (Fsp3) is 0.545. The van der Waals surface area contributed by atoms with Crippen LogP contribution in [-0.2, 0) is 4.74 Å². The minimum Gasteiger partial charge on any atom is -0.441 e. The fourth-order valence-electron chi connectivity index (χ4n) is 1.72. The van der Waals surface area contributed by atoms with E-state index >= 15 is 0 Å². The molecule has 1 amide bonds. The molecule has 1 fully saturated rings. The molecule has 0 radical (unpaired) electrons. The van der Waals surface area contributed by atoms with Gasteiger partial charge in [0, 0.05) is 6.20 Å². The summed E-state index contributed by atoms with van der Waals surface area (Å²) >= 11 is 5.73. The van der Waals surface area contributed by atoms with E-state index in [-0.39, 0.29) is 5.28 Å². The first kappa shape index (κ1) is 12.1. The van der Waals surface area contributed by atoms with Gasteiger partial charge in [-0.2, -0.15) is 0 Å². The first-order valence-electron chi connectivity index (χ1n) is 5.27. The lowest BCUT2D eigenvalue weighted by atomic mass is 9.85. The molecule has 0 bridgehead atoms. The molecule has 92 valence electrons. The normalized spacial score (nSPS) is 21.5. The molecule has 2 heterocycles. The molecule has 1 saturated heterocycles. The van der Waals surface area contributed by atoms with E-state index in [2.05, 4.69) is 9.97 Å². The predicted molar refractivity (Wildman–Crippen MR) is 64.2 cm³/mol. The number of aromatic nitrogens is 2. The van der Waals surface area contributed by atoms with Crippen LogP contribution < -0.4 is 4.90 Å². The average Bonchev–Trinajstić information content (AvgIpc) is 2.31. The van der Waals surface area contributed by atoms with Crippen molar-refractivity contribution < 1.29 is 9.53 Å². The number of hydrogen-bond donors (Lipinski definition) is 0. The van der Waals surface area contributed by atoms with Gasteiger partial charge in [0.05, 0.1) is 5.54 Å². The first-order valence-corrected chi connectivity index (χ1v) is 5.65. The minimum atomic E-state index is -0.596. The number of hydrogen-bond acceptors (Lipinski definition) is 4. The van der Waals surface area contributed by atoms with E-state index in [1.165, 1.54) is 11.1 Å². The third-order valence-electron chi connectivity index (χ3n) is 3.40. The van der Waals surface area contributed by atoms with Gasteiger partial charge in [0.25, 0.3) is 0 Å². The number of rotatable bonds is 1. The quantitative estimate of drug-likeness (QED) is 0.724. The van der Waals surface area contributed by atoms with E-state index < -0.39 is 17.2 Å². The molecule has 0 unspecified atom stereocenters. The zero-order valence-corrected chi connectivity index (χ0v) is 10.9. The highest BCUT2D eigenvalue weighted by atomic mass is 35.5. The summed E-state index contributed by atoms with van der Waals surface area (Å²) < 4.78 is 5.35. The van der Waals surface area contributed by atoms with Crippen LogP contribution in [-0.4, -0.2) is 27.2 Å². The van der Waals surface area contributed by atoms with Crippen LogP contribution in [0.4, 0.5) is 10.6 Å². The lowest BCUT2D eigenvalue weighted by Crippen LogP contribution is -2.51. The largest absolute Gasteiger partial charge is 0.441 e. The van der Waals surface area contributed by atoms with Crippen molar-refractivity contribution in [2.45, 2.75) is 38.8 Å². The van der Waals surface area contributed by atoms with E-state index in [0.29, 0.717) is 5.82 Å². The van der Waals surface area contributed by atoms with Gasteiger partial charge in [-0.15, -0.1) is 0 Å². The van der Waals surface area contributed by atoms with E-state index in [9.17, 15) is 4.79 Å². The second kappa shape index (κ2) is 3.57. The maximum absolute atomic E-state index is 11.9. The van der Waals surface area contributed by atoms with Gasteiger partial charge in [-0.3, -0.25) is 4.90 Å². The van der Waals surface area contributed by atoms with Crippen molar-refractivity contribution in [2.24, 2.45) is 0 Å². The first-order chi connectivity index (χ1) is 7.75. The zero-order chi connectivity index (χ0) is 12.8. The number of halogens is 1. The van der Waals surface area contributed by atoms with Crippen molar-refractivity contribution in [3.05, 3.63) is 17.5 Å². The van der Waals surface area contributed by atoms with Crippen LogP contribution in [0.25, 0.3) is 0 Å². The molecule has 0 spiro atoms. The molecule has 0 saturated carbocycles. The van der Waals surface area contributed by atoms with E-state index in [4.69, 9.17) is 16.3 Å². The van der Waals surface area contributed by atoms with Crippen LogP contribution in [0.5, 0.6) is 0 Å². The maximum atomic E-state index is 11.9. The molecule has 0 aliphatic carbocycles. The van der Waals surface area contributed by atoms with Crippen molar-refractivity contribution in [3.63, 3.8) is 0 Å². The average molecular weight is 256 g/mol. The Balaban J connectivity index is 2.49. The van der Waals surface area contributed by atoms with Gasteiger partial charge < -0.3 is 4.74 Å². The lowest BCUT2D eigenvalue weighted by molar-refractivity contribution is 0.0458. The lowest BCUT2D eigenvalue weighted by Gasteiger charge is -2.35. The Morgan fingerprint density at radius 2 is 2.00 bits per heavy atom. The molecule has 6 heteroatoms. The topological polar surface area (TPSA) is 55.3 Å². The van der Waals surface area contributed by atoms with Crippen molar-refractivity contribution in [2.75, 3.05) is 4.90 Å². The van der Waals surface area contributed by atoms with Gasteiger partial charge in [-0.25, -0.2) is 14.8 Å². The van der Waals surface area contributed by atoms with Crippen molar-refractivity contribution in [3.8, 4) is 0 Å². The van der Waals surface area contributed by atoms with E-state index in [0.717, 1.165) is 0 Å². The Morgan fingerprint density at radius 1 is 1.35 bits per heavy atom. The minimum absolute atomic E-state index is 0.107. The second-order valence-electron chi connectivity index (χ2n) is 4.96. The predicted octanol–water partition coefficient (Wildman–Crippen LogP) is 2.64. The van der Waals surface area contributed by atoms with Crippen LogP contribution in [0.2, 0.25) is 5.28 Å². The number of nitrogens with zero attached hydrogens (tertiary/aromatic N) is 3. The Bertz CT molecular complexity index is 474. The number of anilines is 1. The highest BCUT2D eigenvalue weighted by molar-refractivity contribution is 6.28. The molecule has 1 aliphatic rings. The third kappa shape index (κ3) is 1.74. The van der Waals surface area contributed by atoms with Crippen molar-refractivity contribution in [1.29, 1.82) is 0 Å². The number of carbonyl (C=O) groups excluding carboxylic acids is 1. The SMILES string of the molecule is CC1(C)OC(=O)N(c2ccnc(Cl)n2)C1(C)C. The molecular formula is C11H14ClN3O2. The molecule has 1 aromatic rings. The molecule has 0 aromatic carbocycles. The van der Waals surface area contributed by atoms with E-state index in [1.54, 1.807) is 6.07 Å². The van der Waals surface area contributed by atoms with Crippen LogP contribution in [0.3, 0.4) is 0 Å². The summed E-state index contributed by atoms with van der Waals surface area (Å²) in [7, 11) is 0. The highest BCUT2D eigenvalue weighted by Crippen LogP contribution is 2.40. The summed E-state index contributed by atoms with van der Waals surface area (Å²) in [6, 6.07) is 1.64. The molecule has 0 N–H and O–H groups in total. The Hall–Kier alpha value is -1.36. The smallest absolute Gasteiger partial charge is 0.416 e. The summed E-state index contributed by atoms with van der Waals surface area (Å²) in [4.78, 5) is 21.3. The Labute approximate surface area is 105 Å². The molecular weight excluding hydrogens is 242 g/mol. The van der Waals surface area contributed by atoms with Gasteiger partial charge in [0.1, 0.15) is 11.4 Å². The molecule has 0 atom stereocenters. The summed E-state index contributed by atoms with van der Waals surface area (Å²) in [5.41, 5.74) is -1.11. The van der Waals surface area contributed by atoms with Gasteiger partial charge >= 0.3 is 6.09 Å². The monoisotopic (exact) mass is 255 g/mol. The number of ether oxygens (including phenoxy) is 1. The van der Waals surface area contributed by atoms with Crippen molar-refractivity contribution >= 4 is 23.5 Å². The molecule has 17 heavy (non-hydrogen) atoms. The molecule has 2 rings (SSSR count). The highest BCUT2D eigenvalue weighted by Gasteiger charge is 2.55. The maximum Gasteiger partial charge on any atom is 0.416 e. The van der Waals surface area contributed by atoms with Gasteiger partial charge in [-0.05, 0) is 45.4 Å². The molecule has 1 aromatic heterocycles. The standard InChI is InChI=1S/C11H14ClN3O2/c1-10(2)11(3,4)17-9(16)15(10)7-5-6-13-8(12)14-7/h5-6H,1-4H3. The summed E-state index contributed by atoms with van der Waals surface area (Å²) in [6.07, 6.45) is 1.09. The second-order valence-corrected chi connectivity index (χ2v) is 5.29. The van der Waals surface area contributed by atoms with Crippen LogP contribution in [0.1, 0.15) is 27.7 Å². The Morgan fingerprint density at radius 3 is 2.47 bits per heavy atom. The third-order valence-corrected chi connectivity index (χ3v) is 3.58.